The Labute approximate surface area is 163 Å². The first-order chi connectivity index (χ1) is 13.1. The molecular weight excluding hydrogens is 366 g/mol. The van der Waals surface area contributed by atoms with Crippen LogP contribution in [0.15, 0.2) is 40.9 Å². The van der Waals surface area contributed by atoms with Crippen LogP contribution < -0.4 is 10.6 Å². The highest BCUT2D eigenvalue weighted by Gasteiger charge is 2.08. The molecule has 0 radical (unpaired) electrons. The summed E-state index contributed by atoms with van der Waals surface area (Å²) in [6, 6.07) is 11.8. The molecule has 0 spiro atoms. The van der Waals surface area contributed by atoms with Crippen LogP contribution in [0.4, 0.5) is 5.82 Å². The van der Waals surface area contributed by atoms with Crippen LogP contribution in [0, 0.1) is 6.92 Å². The third-order valence-corrected chi connectivity index (χ3v) is 4.46. The summed E-state index contributed by atoms with van der Waals surface area (Å²) in [6.45, 7) is 3.60. The van der Waals surface area contributed by atoms with Gasteiger partial charge in [-0.15, -0.1) is 11.8 Å². The number of amides is 2. The van der Waals surface area contributed by atoms with Crippen LogP contribution in [0.25, 0.3) is 0 Å². The molecule has 0 bridgehead atoms. The van der Waals surface area contributed by atoms with Crippen LogP contribution in [0.3, 0.4) is 0 Å². The number of thioether (sulfide) groups is 1. The first-order valence-corrected chi connectivity index (χ1v) is 9.98. The van der Waals surface area contributed by atoms with Gasteiger partial charge in [-0.05, 0) is 25.3 Å². The van der Waals surface area contributed by atoms with Crippen molar-refractivity contribution >= 4 is 29.4 Å². The van der Waals surface area contributed by atoms with Crippen molar-refractivity contribution in [1.82, 2.24) is 10.5 Å². The molecule has 0 aliphatic rings. The van der Waals surface area contributed by atoms with Gasteiger partial charge in [0.05, 0.1) is 18.1 Å². The SMILES string of the molecule is Cc1cc(NC(=O)CSCC(=O)NCCCOCCc2ccccc2)no1. The highest BCUT2D eigenvalue weighted by molar-refractivity contribution is 8.00. The van der Waals surface area contributed by atoms with E-state index in [4.69, 9.17) is 9.26 Å². The molecule has 0 saturated carbocycles. The molecule has 0 unspecified atom stereocenters. The lowest BCUT2D eigenvalue weighted by Crippen LogP contribution is -2.27. The van der Waals surface area contributed by atoms with Crippen molar-refractivity contribution in [1.29, 1.82) is 0 Å². The Morgan fingerprint density at radius 2 is 1.93 bits per heavy atom. The zero-order valence-electron chi connectivity index (χ0n) is 15.4. The maximum Gasteiger partial charge on any atom is 0.235 e. The second kappa shape index (κ2) is 12.1. The van der Waals surface area contributed by atoms with Crippen molar-refractivity contribution in [2.24, 2.45) is 0 Å². The second-order valence-electron chi connectivity index (χ2n) is 5.92. The molecule has 8 heteroatoms. The molecule has 1 heterocycles. The monoisotopic (exact) mass is 391 g/mol. The van der Waals surface area contributed by atoms with E-state index in [1.807, 2.05) is 18.2 Å². The average molecular weight is 391 g/mol. The smallest absolute Gasteiger partial charge is 0.235 e. The second-order valence-corrected chi connectivity index (χ2v) is 6.90. The molecule has 2 rings (SSSR count). The predicted octanol–water partition coefficient (Wildman–Crippen LogP) is 2.42. The number of hydrogen-bond donors (Lipinski definition) is 2. The van der Waals surface area contributed by atoms with Gasteiger partial charge in [-0.2, -0.15) is 0 Å². The predicted molar refractivity (Wildman–Crippen MR) is 106 cm³/mol. The van der Waals surface area contributed by atoms with E-state index in [9.17, 15) is 9.59 Å². The van der Waals surface area contributed by atoms with Crippen molar-refractivity contribution < 1.29 is 18.8 Å². The number of ether oxygens (including phenoxy) is 1. The lowest BCUT2D eigenvalue weighted by atomic mass is 10.2. The minimum Gasteiger partial charge on any atom is -0.381 e. The van der Waals surface area contributed by atoms with Gasteiger partial charge in [-0.1, -0.05) is 35.5 Å². The Hall–Kier alpha value is -2.32. The van der Waals surface area contributed by atoms with E-state index in [1.54, 1.807) is 13.0 Å². The first-order valence-electron chi connectivity index (χ1n) is 8.83. The molecule has 0 fully saturated rings. The molecule has 27 heavy (non-hydrogen) atoms. The maximum absolute atomic E-state index is 11.7. The Kier molecular flexibility index (Phi) is 9.43. The molecule has 7 nitrogen and oxygen atoms in total. The summed E-state index contributed by atoms with van der Waals surface area (Å²) in [4.78, 5) is 23.4. The van der Waals surface area contributed by atoms with Gasteiger partial charge >= 0.3 is 0 Å². The number of benzene rings is 1. The highest BCUT2D eigenvalue weighted by Crippen LogP contribution is 2.08. The highest BCUT2D eigenvalue weighted by atomic mass is 32.2. The van der Waals surface area contributed by atoms with Gasteiger partial charge in [-0.25, -0.2) is 0 Å². The Morgan fingerprint density at radius 3 is 2.67 bits per heavy atom. The number of nitrogens with one attached hydrogen (secondary N) is 2. The zero-order valence-corrected chi connectivity index (χ0v) is 16.2. The number of carbonyl (C=O) groups is 2. The molecule has 0 atom stereocenters. The van der Waals surface area contributed by atoms with Crippen LogP contribution >= 0.6 is 11.8 Å². The van der Waals surface area contributed by atoms with Crippen molar-refractivity contribution in [3.63, 3.8) is 0 Å². The average Bonchev–Trinajstić information content (AvgIpc) is 3.06. The normalized spacial score (nSPS) is 10.6. The topological polar surface area (TPSA) is 93.5 Å². The van der Waals surface area contributed by atoms with Crippen molar-refractivity contribution in [3.8, 4) is 0 Å². The van der Waals surface area contributed by atoms with Crippen molar-refractivity contribution in [2.45, 2.75) is 19.8 Å². The van der Waals surface area contributed by atoms with Crippen LogP contribution in [-0.4, -0.2) is 48.2 Å². The number of anilines is 1. The summed E-state index contributed by atoms with van der Waals surface area (Å²) >= 11 is 1.25. The number of nitrogens with zero attached hydrogens (tertiary/aromatic N) is 1. The van der Waals surface area contributed by atoms with E-state index in [0.29, 0.717) is 31.3 Å². The number of rotatable bonds is 12. The fourth-order valence-electron chi connectivity index (χ4n) is 2.23. The van der Waals surface area contributed by atoms with Gasteiger partial charge in [0, 0.05) is 19.2 Å². The third kappa shape index (κ3) is 9.25. The van der Waals surface area contributed by atoms with E-state index >= 15 is 0 Å². The van der Waals surface area contributed by atoms with Gasteiger partial charge < -0.3 is 19.9 Å². The largest absolute Gasteiger partial charge is 0.381 e. The van der Waals surface area contributed by atoms with E-state index in [0.717, 1.165) is 12.8 Å². The van der Waals surface area contributed by atoms with Gasteiger partial charge in [0.15, 0.2) is 5.82 Å². The summed E-state index contributed by atoms with van der Waals surface area (Å²) < 4.78 is 10.4. The minimum atomic E-state index is -0.215. The third-order valence-electron chi connectivity index (χ3n) is 3.53. The molecule has 0 aliphatic carbocycles. The summed E-state index contributed by atoms with van der Waals surface area (Å²) in [7, 11) is 0. The molecular formula is C19H25N3O4S. The molecule has 1 aromatic heterocycles. The Morgan fingerprint density at radius 1 is 1.15 bits per heavy atom. The summed E-state index contributed by atoms with van der Waals surface area (Å²) in [5.74, 6) is 1.13. The van der Waals surface area contributed by atoms with E-state index in [-0.39, 0.29) is 23.3 Å². The fraction of sp³-hybridized carbons (Fsp3) is 0.421. The van der Waals surface area contributed by atoms with Crippen LogP contribution in [0.1, 0.15) is 17.7 Å². The fourth-order valence-corrected chi connectivity index (χ4v) is 2.88. The molecule has 2 aromatic rings. The summed E-state index contributed by atoms with van der Waals surface area (Å²) in [6.07, 6.45) is 1.65. The van der Waals surface area contributed by atoms with E-state index in [2.05, 4.69) is 27.9 Å². The van der Waals surface area contributed by atoms with Gasteiger partial charge in [0.25, 0.3) is 0 Å². The van der Waals surface area contributed by atoms with E-state index < -0.39 is 0 Å². The molecule has 2 amide bonds. The van der Waals surface area contributed by atoms with Gasteiger partial charge in [0.2, 0.25) is 11.8 Å². The summed E-state index contributed by atoms with van der Waals surface area (Å²) in [5, 5.41) is 9.11. The first kappa shape index (κ1) is 21.0. The van der Waals surface area contributed by atoms with Crippen LogP contribution in [0.5, 0.6) is 0 Å². The van der Waals surface area contributed by atoms with E-state index in [1.165, 1.54) is 17.3 Å². The molecule has 0 saturated heterocycles. The van der Waals surface area contributed by atoms with Crippen molar-refractivity contribution in [2.75, 3.05) is 36.6 Å². The maximum atomic E-state index is 11.7. The quantitative estimate of drug-likeness (QED) is 0.540. The standard InChI is InChI=1S/C19H25N3O4S/c1-15-12-17(22-26-15)21-19(24)14-27-13-18(23)20-9-5-10-25-11-8-16-6-3-2-4-7-16/h2-4,6-7,12H,5,8-11,13-14H2,1H3,(H,20,23)(H,21,22,24). The van der Waals surface area contributed by atoms with Crippen LogP contribution in [0.2, 0.25) is 0 Å². The van der Waals surface area contributed by atoms with Gasteiger partial charge in [-0.3, -0.25) is 9.59 Å². The minimum absolute atomic E-state index is 0.0885. The Balaban J connectivity index is 1.42. The van der Waals surface area contributed by atoms with Crippen molar-refractivity contribution in [3.05, 3.63) is 47.7 Å². The number of carbonyl (C=O) groups excluding carboxylic acids is 2. The van der Waals surface area contributed by atoms with Gasteiger partial charge in [0.1, 0.15) is 5.76 Å². The Bertz CT molecular complexity index is 706. The number of aryl methyl sites for hydroxylation is 1. The number of aromatic nitrogens is 1. The number of hydrogen-bond acceptors (Lipinski definition) is 6. The zero-order chi connectivity index (χ0) is 19.3. The molecule has 146 valence electrons. The van der Waals surface area contributed by atoms with Crippen LogP contribution in [-0.2, 0) is 20.7 Å². The molecule has 0 aliphatic heterocycles. The molecule has 1 aromatic carbocycles. The molecule has 2 N–H and O–H groups in total. The lowest BCUT2D eigenvalue weighted by molar-refractivity contribution is -0.118. The lowest BCUT2D eigenvalue weighted by Gasteiger charge is -2.06. The summed E-state index contributed by atoms with van der Waals surface area (Å²) in [5.41, 5.74) is 1.26.